The zero-order chi connectivity index (χ0) is 13.2. The summed E-state index contributed by atoms with van der Waals surface area (Å²) >= 11 is 0. The molecule has 0 spiro atoms. The number of nitrogens with zero attached hydrogens (tertiary/aromatic N) is 1. The summed E-state index contributed by atoms with van der Waals surface area (Å²) < 4.78 is 5.30. The van der Waals surface area contributed by atoms with E-state index >= 15 is 0 Å². The molecule has 1 rings (SSSR count). The molecule has 2 N–H and O–H groups in total. The molecule has 1 saturated carbocycles. The first-order valence-corrected chi connectivity index (χ1v) is 7.38. The minimum Gasteiger partial charge on any atom is -0.380 e. The van der Waals surface area contributed by atoms with E-state index < -0.39 is 0 Å². The van der Waals surface area contributed by atoms with Crippen molar-refractivity contribution < 1.29 is 4.74 Å². The second-order valence-electron chi connectivity index (χ2n) is 5.06. The maximum Gasteiger partial charge on any atom is 0.191 e. The van der Waals surface area contributed by atoms with Crippen LogP contribution in [0.5, 0.6) is 0 Å². The van der Waals surface area contributed by atoms with Crippen LogP contribution in [0.25, 0.3) is 0 Å². The Morgan fingerprint density at radius 2 is 1.94 bits per heavy atom. The third-order valence-corrected chi connectivity index (χ3v) is 3.41. The van der Waals surface area contributed by atoms with Gasteiger partial charge in [0.25, 0.3) is 0 Å². The quantitative estimate of drug-likeness (QED) is 0.434. The lowest BCUT2D eigenvalue weighted by atomic mass is 9.87. The lowest BCUT2D eigenvalue weighted by molar-refractivity contribution is 0.155. The van der Waals surface area contributed by atoms with Gasteiger partial charge in [0.2, 0.25) is 0 Å². The first-order chi connectivity index (χ1) is 8.76. The highest BCUT2D eigenvalue weighted by molar-refractivity contribution is 5.80. The summed E-state index contributed by atoms with van der Waals surface area (Å²) in [5, 5.41) is 6.84. The van der Waals surface area contributed by atoms with Crippen LogP contribution in [0, 0.1) is 5.92 Å². The van der Waals surface area contributed by atoms with Crippen molar-refractivity contribution in [1.29, 1.82) is 0 Å². The molecule has 18 heavy (non-hydrogen) atoms. The Kier molecular flexibility index (Phi) is 7.81. The summed E-state index contributed by atoms with van der Waals surface area (Å²) in [6.45, 7) is 9.56. The molecule has 0 unspecified atom stereocenters. The summed E-state index contributed by atoms with van der Waals surface area (Å²) in [7, 11) is 0. The minimum atomic E-state index is 0.589. The van der Waals surface area contributed by atoms with Gasteiger partial charge in [0.05, 0.1) is 13.2 Å². The molecule has 4 heteroatoms. The van der Waals surface area contributed by atoms with Crippen LogP contribution in [0.3, 0.4) is 0 Å². The predicted octanol–water partition coefficient (Wildman–Crippen LogP) is 2.16. The predicted molar refractivity (Wildman–Crippen MR) is 77.0 cm³/mol. The molecule has 0 amide bonds. The molecule has 4 nitrogen and oxygen atoms in total. The van der Waals surface area contributed by atoms with Gasteiger partial charge in [-0.15, -0.1) is 0 Å². The van der Waals surface area contributed by atoms with Crippen molar-refractivity contribution in [1.82, 2.24) is 10.6 Å². The zero-order valence-electron chi connectivity index (χ0n) is 12.2. The third-order valence-electron chi connectivity index (χ3n) is 3.41. The van der Waals surface area contributed by atoms with Crippen LogP contribution in [0.15, 0.2) is 4.99 Å². The molecule has 0 radical (unpaired) electrons. The number of hydrogen-bond acceptors (Lipinski definition) is 2. The average Bonchev–Trinajstić information content (AvgIpc) is 2.37. The molecule has 1 aliphatic rings. The molecule has 0 atom stereocenters. The van der Waals surface area contributed by atoms with Crippen LogP contribution in [0.4, 0.5) is 0 Å². The van der Waals surface area contributed by atoms with Crippen LogP contribution in [0.2, 0.25) is 0 Å². The van der Waals surface area contributed by atoms with Crippen LogP contribution < -0.4 is 10.6 Å². The molecule has 0 aromatic rings. The average molecular weight is 255 g/mol. The van der Waals surface area contributed by atoms with E-state index in [2.05, 4.69) is 29.5 Å². The topological polar surface area (TPSA) is 45.7 Å². The Hall–Kier alpha value is -0.770. The van der Waals surface area contributed by atoms with Crippen LogP contribution >= 0.6 is 0 Å². The summed E-state index contributed by atoms with van der Waals surface area (Å²) in [6.07, 6.45) is 5.18. The largest absolute Gasteiger partial charge is 0.380 e. The fraction of sp³-hybridized carbons (Fsp3) is 0.929. The monoisotopic (exact) mass is 255 g/mol. The van der Waals surface area contributed by atoms with Gasteiger partial charge < -0.3 is 15.4 Å². The van der Waals surface area contributed by atoms with Gasteiger partial charge in [-0.3, -0.25) is 4.99 Å². The fourth-order valence-corrected chi connectivity index (χ4v) is 2.28. The Balaban J connectivity index is 2.31. The Morgan fingerprint density at radius 3 is 2.56 bits per heavy atom. The fourth-order valence-electron chi connectivity index (χ4n) is 2.28. The molecule has 106 valence electrons. The molecule has 0 aliphatic heterocycles. The zero-order valence-corrected chi connectivity index (χ0v) is 12.2. The minimum absolute atomic E-state index is 0.589. The van der Waals surface area contributed by atoms with Crippen molar-refractivity contribution in [2.75, 3.05) is 26.3 Å². The number of aliphatic imine (C=N–C) groups is 1. The van der Waals surface area contributed by atoms with Crippen molar-refractivity contribution in [3.8, 4) is 0 Å². The molecule has 0 heterocycles. The van der Waals surface area contributed by atoms with E-state index in [1.807, 2.05) is 6.92 Å². The van der Waals surface area contributed by atoms with E-state index in [0.717, 1.165) is 31.6 Å². The van der Waals surface area contributed by atoms with E-state index in [9.17, 15) is 0 Å². The highest BCUT2D eigenvalue weighted by Crippen LogP contribution is 2.23. The van der Waals surface area contributed by atoms with E-state index in [1.54, 1.807) is 0 Å². The van der Waals surface area contributed by atoms with E-state index in [4.69, 9.17) is 4.74 Å². The van der Waals surface area contributed by atoms with Crippen molar-refractivity contribution in [2.45, 2.75) is 52.5 Å². The smallest absolute Gasteiger partial charge is 0.191 e. The molecular formula is C14H29N3O. The van der Waals surface area contributed by atoms with Crippen molar-refractivity contribution in [3.05, 3.63) is 0 Å². The summed E-state index contributed by atoms with van der Waals surface area (Å²) in [5.74, 6) is 1.83. The van der Waals surface area contributed by atoms with Gasteiger partial charge in [0, 0.05) is 19.2 Å². The summed E-state index contributed by atoms with van der Waals surface area (Å²) in [5.41, 5.74) is 0. The molecule has 0 bridgehead atoms. The van der Waals surface area contributed by atoms with E-state index in [1.165, 1.54) is 25.7 Å². The summed E-state index contributed by atoms with van der Waals surface area (Å²) in [6, 6.07) is 0.589. The third kappa shape index (κ3) is 6.24. The highest BCUT2D eigenvalue weighted by atomic mass is 16.5. The Morgan fingerprint density at radius 1 is 1.22 bits per heavy atom. The SMILES string of the molecule is CCNC(=NCCOCC)NC1CCC(C)CC1. The number of nitrogens with one attached hydrogen (secondary N) is 2. The Labute approximate surface area is 112 Å². The molecular weight excluding hydrogens is 226 g/mol. The number of hydrogen-bond donors (Lipinski definition) is 2. The van der Waals surface area contributed by atoms with Crippen LogP contribution in [-0.4, -0.2) is 38.3 Å². The van der Waals surface area contributed by atoms with Crippen LogP contribution in [0.1, 0.15) is 46.5 Å². The van der Waals surface area contributed by atoms with Gasteiger partial charge in [0.1, 0.15) is 0 Å². The van der Waals surface area contributed by atoms with Crippen LogP contribution in [-0.2, 0) is 4.74 Å². The Bertz CT molecular complexity index is 235. The first kappa shape index (κ1) is 15.3. The molecule has 0 saturated heterocycles. The van der Waals surface area contributed by atoms with Crippen molar-refractivity contribution in [2.24, 2.45) is 10.9 Å². The van der Waals surface area contributed by atoms with E-state index in [-0.39, 0.29) is 0 Å². The standard InChI is InChI=1S/C14H29N3O/c1-4-15-14(16-10-11-18-5-2)17-13-8-6-12(3)7-9-13/h12-13H,4-11H2,1-3H3,(H2,15,16,17). The van der Waals surface area contributed by atoms with Gasteiger partial charge in [-0.25, -0.2) is 0 Å². The normalized spacial score (nSPS) is 24.9. The molecule has 0 aromatic carbocycles. The number of guanidine groups is 1. The second-order valence-corrected chi connectivity index (χ2v) is 5.06. The maximum atomic E-state index is 5.30. The maximum absolute atomic E-state index is 5.30. The number of ether oxygens (including phenoxy) is 1. The van der Waals surface area contributed by atoms with Gasteiger partial charge in [-0.2, -0.15) is 0 Å². The lowest BCUT2D eigenvalue weighted by Crippen LogP contribution is -2.44. The van der Waals surface area contributed by atoms with Crippen molar-refractivity contribution in [3.63, 3.8) is 0 Å². The molecule has 0 aromatic heterocycles. The highest BCUT2D eigenvalue weighted by Gasteiger charge is 2.18. The van der Waals surface area contributed by atoms with E-state index in [0.29, 0.717) is 12.6 Å². The first-order valence-electron chi connectivity index (χ1n) is 7.38. The number of rotatable bonds is 6. The lowest BCUT2D eigenvalue weighted by Gasteiger charge is -2.28. The molecule has 1 fully saturated rings. The summed E-state index contributed by atoms with van der Waals surface area (Å²) in [4.78, 5) is 4.53. The van der Waals surface area contributed by atoms with Gasteiger partial charge in [0.15, 0.2) is 5.96 Å². The van der Waals surface area contributed by atoms with Crippen molar-refractivity contribution >= 4 is 5.96 Å². The molecule has 1 aliphatic carbocycles. The van der Waals surface area contributed by atoms with Gasteiger partial charge in [-0.1, -0.05) is 6.92 Å². The van der Waals surface area contributed by atoms with Gasteiger partial charge in [-0.05, 0) is 45.4 Å². The second kappa shape index (κ2) is 9.20. The van der Waals surface area contributed by atoms with Gasteiger partial charge >= 0.3 is 0 Å².